The Labute approximate surface area is 188 Å². The van der Waals surface area contributed by atoms with Crippen LogP contribution in [0.4, 0.5) is 5.13 Å². The number of carbonyl (C=O) groups excluding carboxylic acids is 1. The van der Waals surface area contributed by atoms with Gasteiger partial charge in [0.2, 0.25) is 0 Å². The fourth-order valence-electron chi connectivity index (χ4n) is 2.61. The van der Waals surface area contributed by atoms with Gasteiger partial charge >= 0.3 is 0 Å². The molecule has 0 fully saturated rings. The number of anilines is 1. The number of ether oxygens (including phenoxy) is 1. The fraction of sp³-hybridized carbons (Fsp3) is 0.136. The largest absolute Gasteiger partial charge is 0.494 e. The third-order valence-electron chi connectivity index (χ3n) is 4.02. The molecular formula is C22H17Cl2N3O2S. The van der Waals surface area contributed by atoms with Gasteiger partial charge in [0.25, 0.3) is 5.91 Å². The van der Waals surface area contributed by atoms with E-state index in [-0.39, 0.29) is 5.57 Å². The van der Waals surface area contributed by atoms with E-state index < -0.39 is 5.91 Å². The zero-order valence-electron chi connectivity index (χ0n) is 16.0. The molecule has 1 aromatic heterocycles. The number of amides is 1. The van der Waals surface area contributed by atoms with Crippen LogP contribution in [0.15, 0.2) is 54.2 Å². The summed E-state index contributed by atoms with van der Waals surface area (Å²) in [4.78, 5) is 17.6. The zero-order valence-corrected chi connectivity index (χ0v) is 18.3. The lowest BCUT2D eigenvalue weighted by Gasteiger charge is -2.03. The highest BCUT2D eigenvalue weighted by Crippen LogP contribution is 2.27. The number of nitriles is 1. The second kappa shape index (κ2) is 10.3. The van der Waals surface area contributed by atoms with Crippen molar-refractivity contribution in [1.82, 2.24) is 4.98 Å². The monoisotopic (exact) mass is 457 g/mol. The van der Waals surface area contributed by atoms with E-state index in [1.54, 1.807) is 42.6 Å². The number of aromatic nitrogens is 1. The Morgan fingerprint density at radius 2 is 2.03 bits per heavy atom. The molecule has 0 saturated carbocycles. The Hall–Kier alpha value is -2.85. The molecule has 0 bridgehead atoms. The number of hydrogen-bond acceptors (Lipinski definition) is 5. The number of carbonyl (C=O) groups is 1. The molecule has 0 aliphatic carbocycles. The van der Waals surface area contributed by atoms with Gasteiger partial charge in [0.05, 0.1) is 6.61 Å². The topological polar surface area (TPSA) is 75.0 Å². The quantitative estimate of drug-likeness (QED) is 0.349. The van der Waals surface area contributed by atoms with E-state index in [1.165, 1.54) is 17.4 Å². The summed E-state index contributed by atoms with van der Waals surface area (Å²) in [6.45, 7) is 2.47. The maximum atomic E-state index is 12.5. The van der Waals surface area contributed by atoms with Crippen LogP contribution in [0, 0.1) is 11.3 Å². The first-order valence-electron chi connectivity index (χ1n) is 9.03. The van der Waals surface area contributed by atoms with Crippen LogP contribution in [-0.4, -0.2) is 17.5 Å². The number of nitrogens with one attached hydrogen (secondary N) is 1. The smallest absolute Gasteiger partial charge is 0.268 e. The van der Waals surface area contributed by atoms with Gasteiger partial charge in [0.15, 0.2) is 5.13 Å². The van der Waals surface area contributed by atoms with Crippen LogP contribution in [0.5, 0.6) is 5.75 Å². The van der Waals surface area contributed by atoms with Gasteiger partial charge in [-0.15, -0.1) is 11.3 Å². The minimum atomic E-state index is -0.517. The lowest BCUT2D eigenvalue weighted by Crippen LogP contribution is -2.13. The molecule has 1 amide bonds. The minimum absolute atomic E-state index is 0.0170. The minimum Gasteiger partial charge on any atom is -0.494 e. The summed E-state index contributed by atoms with van der Waals surface area (Å²) in [5, 5.41) is 13.6. The molecule has 0 unspecified atom stereocenters. The predicted octanol–water partition coefficient (Wildman–Crippen LogP) is 5.99. The first-order chi connectivity index (χ1) is 14.5. The maximum absolute atomic E-state index is 12.5. The van der Waals surface area contributed by atoms with Crippen molar-refractivity contribution in [2.45, 2.75) is 13.3 Å². The van der Waals surface area contributed by atoms with Crippen molar-refractivity contribution in [3.8, 4) is 11.8 Å². The Morgan fingerprint density at radius 3 is 2.70 bits per heavy atom. The summed E-state index contributed by atoms with van der Waals surface area (Å²) in [6.07, 6.45) is 3.76. The highest BCUT2D eigenvalue weighted by atomic mass is 35.5. The van der Waals surface area contributed by atoms with Crippen molar-refractivity contribution < 1.29 is 9.53 Å². The molecule has 0 aliphatic heterocycles. The van der Waals surface area contributed by atoms with Crippen LogP contribution in [0.3, 0.4) is 0 Å². The van der Waals surface area contributed by atoms with Gasteiger partial charge in [-0.1, -0.05) is 41.4 Å². The molecule has 1 N–H and O–H groups in total. The Kier molecular flexibility index (Phi) is 7.47. The van der Waals surface area contributed by atoms with E-state index >= 15 is 0 Å². The van der Waals surface area contributed by atoms with Gasteiger partial charge in [0.1, 0.15) is 17.4 Å². The lowest BCUT2D eigenvalue weighted by atomic mass is 10.1. The van der Waals surface area contributed by atoms with E-state index in [2.05, 4.69) is 10.3 Å². The Morgan fingerprint density at radius 1 is 1.27 bits per heavy atom. The summed E-state index contributed by atoms with van der Waals surface area (Å²) >= 11 is 13.5. The van der Waals surface area contributed by atoms with Crippen molar-refractivity contribution >= 4 is 51.7 Å². The average Bonchev–Trinajstić information content (AvgIpc) is 3.16. The summed E-state index contributed by atoms with van der Waals surface area (Å²) in [5.41, 5.74) is 1.62. The molecule has 152 valence electrons. The van der Waals surface area contributed by atoms with Crippen LogP contribution in [-0.2, 0) is 11.2 Å². The highest BCUT2D eigenvalue weighted by Gasteiger charge is 2.13. The van der Waals surface area contributed by atoms with Crippen molar-refractivity contribution in [3.05, 3.63) is 80.3 Å². The first kappa shape index (κ1) is 21.8. The molecule has 3 aromatic rings. The molecule has 5 nitrogen and oxygen atoms in total. The molecule has 30 heavy (non-hydrogen) atoms. The SMILES string of the molecule is CCOc1ccc(C=C(C#N)C(=O)Nc2ncc(Cc3ccc(Cl)cc3Cl)s2)cc1. The van der Waals surface area contributed by atoms with Gasteiger partial charge < -0.3 is 4.74 Å². The van der Waals surface area contributed by atoms with Crippen LogP contribution in [0.25, 0.3) is 6.08 Å². The number of hydrogen-bond donors (Lipinski definition) is 1. The van der Waals surface area contributed by atoms with Crippen LogP contribution in [0.1, 0.15) is 22.9 Å². The molecule has 0 saturated heterocycles. The van der Waals surface area contributed by atoms with E-state index in [4.69, 9.17) is 27.9 Å². The number of benzene rings is 2. The highest BCUT2D eigenvalue weighted by molar-refractivity contribution is 7.15. The third-order valence-corrected chi connectivity index (χ3v) is 5.52. The molecular weight excluding hydrogens is 441 g/mol. The number of nitrogens with zero attached hydrogens (tertiary/aromatic N) is 2. The predicted molar refractivity (Wildman–Crippen MR) is 121 cm³/mol. The molecule has 0 atom stereocenters. The summed E-state index contributed by atoms with van der Waals surface area (Å²) in [5.74, 6) is 0.213. The second-order valence-electron chi connectivity index (χ2n) is 6.17. The second-order valence-corrected chi connectivity index (χ2v) is 8.13. The number of halogens is 2. The van der Waals surface area contributed by atoms with Gasteiger partial charge in [-0.05, 0) is 48.4 Å². The summed E-state index contributed by atoms with van der Waals surface area (Å²) in [7, 11) is 0. The van der Waals surface area contributed by atoms with Crippen molar-refractivity contribution in [2.75, 3.05) is 11.9 Å². The Balaban J connectivity index is 1.68. The molecule has 0 aliphatic rings. The van der Waals surface area contributed by atoms with Gasteiger partial charge in [-0.2, -0.15) is 5.26 Å². The number of thiazole rings is 1. The fourth-order valence-corrected chi connectivity index (χ4v) is 3.91. The molecule has 3 rings (SSSR count). The molecule has 8 heteroatoms. The normalized spacial score (nSPS) is 11.1. The van der Waals surface area contributed by atoms with Crippen LogP contribution >= 0.6 is 34.5 Å². The van der Waals surface area contributed by atoms with E-state index in [0.29, 0.717) is 28.2 Å². The summed E-state index contributed by atoms with van der Waals surface area (Å²) < 4.78 is 5.39. The number of rotatable bonds is 7. The maximum Gasteiger partial charge on any atom is 0.268 e. The Bertz CT molecular complexity index is 1120. The molecule has 0 radical (unpaired) electrons. The molecule has 1 heterocycles. The molecule has 0 spiro atoms. The van der Waals surface area contributed by atoms with Crippen LogP contribution in [0.2, 0.25) is 10.0 Å². The van der Waals surface area contributed by atoms with Gasteiger partial charge in [-0.3, -0.25) is 10.1 Å². The standard InChI is InChI=1S/C22H17Cl2N3O2S/c1-2-29-18-7-3-14(4-8-18)9-16(12-25)21(28)27-22-26-13-19(30-22)10-15-5-6-17(23)11-20(15)24/h3-9,11,13H,2,10H2,1H3,(H,26,27,28). The van der Waals surface area contributed by atoms with Crippen LogP contribution < -0.4 is 10.1 Å². The first-order valence-corrected chi connectivity index (χ1v) is 10.6. The third kappa shape index (κ3) is 5.83. The molecule has 2 aromatic carbocycles. The lowest BCUT2D eigenvalue weighted by molar-refractivity contribution is -0.112. The summed E-state index contributed by atoms with van der Waals surface area (Å²) in [6, 6.07) is 14.4. The van der Waals surface area contributed by atoms with Crippen molar-refractivity contribution in [2.24, 2.45) is 0 Å². The van der Waals surface area contributed by atoms with E-state index in [9.17, 15) is 10.1 Å². The zero-order chi connectivity index (χ0) is 21.5. The average molecular weight is 458 g/mol. The van der Waals surface area contributed by atoms with Crippen molar-refractivity contribution in [3.63, 3.8) is 0 Å². The van der Waals surface area contributed by atoms with E-state index in [0.717, 1.165) is 21.8 Å². The van der Waals surface area contributed by atoms with Gasteiger partial charge in [-0.25, -0.2) is 4.98 Å². The van der Waals surface area contributed by atoms with E-state index in [1.807, 2.05) is 19.1 Å². The van der Waals surface area contributed by atoms with Crippen molar-refractivity contribution in [1.29, 1.82) is 5.26 Å². The van der Waals surface area contributed by atoms with Gasteiger partial charge in [0, 0.05) is 27.5 Å².